The van der Waals surface area contributed by atoms with Crippen LogP contribution in [0.3, 0.4) is 0 Å². The molecule has 2 aromatic carbocycles. The van der Waals surface area contributed by atoms with Crippen LogP contribution in [0.2, 0.25) is 0 Å². The van der Waals surface area contributed by atoms with Gasteiger partial charge in [0.25, 0.3) is 0 Å². The predicted octanol–water partition coefficient (Wildman–Crippen LogP) is 4.84. The summed E-state index contributed by atoms with van der Waals surface area (Å²) in [5, 5.41) is 7.42. The van der Waals surface area contributed by atoms with Crippen molar-refractivity contribution in [3.8, 4) is 11.1 Å². The number of aromatic nitrogens is 2. The maximum Gasteiger partial charge on any atom is 0.407 e. The second-order valence-electron chi connectivity index (χ2n) is 9.44. The van der Waals surface area contributed by atoms with Crippen molar-refractivity contribution in [2.45, 2.75) is 45.4 Å². The van der Waals surface area contributed by atoms with E-state index in [2.05, 4.69) is 23.4 Å². The zero-order chi connectivity index (χ0) is 23.8. The van der Waals surface area contributed by atoms with Gasteiger partial charge in [0, 0.05) is 43.4 Å². The minimum absolute atomic E-state index is 0.0317. The summed E-state index contributed by atoms with van der Waals surface area (Å²) in [6.45, 7) is 3.96. The highest BCUT2D eigenvalue weighted by molar-refractivity contribution is 5.94. The maximum absolute atomic E-state index is 12.9. The summed E-state index contributed by atoms with van der Waals surface area (Å²) >= 11 is 0. The Morgan fingerprint density at radius 1 is 1.12 bits per heavy atom. The Morgan fingerprint density at radius 2 is 1.88 bits per heavy atom. The van der Waals surface area contributed by atoms with E-state index in [0.29, 0.717) is 5.92 Å². The molecular formula is C27H30N4O3. The molecule has 3 atom stereocenters. The van der Waals surface area contributed by atoms with Crippen LogP contribution in [-0.4, -0.2) is 27.8 Å². The second kappa shape index (κ2) is 8.97. The number of aryl methyl sites for hydroxylation is 1. The van der Waals surface area contributed by atoms with Crippen LogP contribution in [0.5, 0.6) is 0 Å². The lowest BCUT2D eigenvalue weighted by Crippen LogP contribution is -2.53. The van der Waals surface area contributed by atoms with E-state index in [-0.39, 0.29) is 30.5 Å². The summed E-state index contributed by atoms with van der Waals surface area (Å²) in [6.07, 6.45) is 5.53. The highest BCUT2D eigenvalue weighted by Crippen LogP contribution is 2.49. The van der Waals surface area contributed by atoms with Gasteiger partial charge >= 0.3 is 6.09 Å². The average Bonchev–Trinajstić information content (AvgIpc) is 3.58. The zero-order valence-electron chi connectivity index (χ0n) is 19.8. The molecule has 176 valence electrons. The van der Waals surface area contributed by atoms with Crippen LogP contribution in [0.4, 0.5) is 10.5 Å². The van der Waals surface area contributed by atoms with E-state index in [1.807, 2.05) is 66.8 Å². The minimum atomic E-state index is -0.454. The third-order valence-corrected chi connectivity index (χ3v) is 6.95. The molecule has 2 heterocycles. The number of nitrogens with zero attached hydrogens (tertiary/aromatic N) is 3. The Kier molecular flexibility index (Phi) is 5.86. The van der Waals surface area contributed by atoms with Gasteiger partial charge in [-0.1, -0.05) is 43.3 Å². The van der Waals surface area contributed by atoms with Crippen molar-refractivity contribution in [2.75, 3.05) is 4.90 Å². The quantitative estimate of drug-likeness (QED) is 0.594. The summed E-state index contributed by atoms with van der Waals surface area (Å²) in [4.78, 5) is 27.6. The first-order valence-corrected chi connectivity index (χ1v) is 11.8. The van der Waals surface area contributed by atoms with Crippen LogP contribution in [0.1, 0.15) is 43.9 Å². The van der Waals surface area contributed by atoms with E-state index in [4.69, 9.17) is 4.74 Å². The Hall–Kier alpha value is -3.61. The molecule has 7 nitrogen and oxygen atoms in total. The molecule has 0 spiro atoms. The molecule has 1 unspecified atom stereocenters. The van der Waals surface area contributed by atoms with Crippen LogP contribution < -0.4 is 10.2 Å². The van der Waals surface area contributed by atoms with E-state index >= 15 is 0 Å². The first-order chi connectivity index (χ1) is 16.4. The van der Waals surface area contributed by atoms with E-state index in [0.717, 1.165) is 40.8 Å². The number of rotatable bonds is 5. The lowest BCUT2D eigenvalue weighted by atomic mass is 9.79. The molecule has 1 saturated carbocycles. The van der Waals surface area contributed by atoms with Crippen molar-refractivity contribution in [2.24, 2.45) is 18.9 Å². The molecule has 2 amide bonds. The molecule has 1 N–H and O–H groups in total. The number of benzene rings is 2. The lowest BCUT2D eigenvalue weighted by Gasteiger charge is -2.45. The molecule has 1 aromatic heterocycles. The topological polar surface area (TPSA) is 76.5 Å². The van der Waals surface area contributed by atoms with Gasteiger partial charge in [0.1, 0.15) is 6.61 Å². The van der Waals surface area contributed by atoms with Gasteiger partial charge in [0.2, 0.25) is 5.91 Å². The Balaban J connectivity index is 1.48. The Morgan fingerprint density at radius 3 is 2.53 bits per heavy atom. The van der Waals surface area contributed by atoms with Crippen LogP contribution in [0.25, 0.3) is 11.1 Å². The van der Waals surface area contributed by atoms with Crippen molar-refractivity contribution in [3.63, 3.8) is 0 Å². The smallest absolute Gasteiger partial charge is 0.407 e. The predicted molar refractivity (Wildman–Crippen MR) is 130 cm³/mol. The Bertz CT molecular complexity index is 1200. The first kappa shape index (κ1) is 22.2. The molecule has 0 saturated heterocycles. The zero-order valence-corrected chi connectivity index (χ0v) is 19.8. The molecular weight excluding hydrogens is 428 g/mol. The molecule has 34 heavy (non-hydrogen) atoms. The molecule has 0 radical (unpaired) electrons. The molecule has 1 fully saturated rings. The SMILES string of the molecule is CC(=O)N1c2ccc(-c3cnn(C)c3)cc2C(NC(=O)OCc2ccccc2)[C@@H](C)[C@@H]1C1CC1. The number of fused-ring (bicyclic) bond motifs is 1. The third kappa shape index (κ3) is 4.30. The van der Waals surface area contributed by atoms with Crippen LogP contribution in [-0.2, 0) is 23.2 Å². The fourth-order valence-corrected chi connectivity index (χ4v) is 5.21. The third-order valence-electron chi connectivity index (χ3n) is 6.95. The number of carbonyl (C=O) groups excluding carboxylic acids is 2. The number of anilines is 1. The fraction of sp³-hybridized carbons (Fsp3) is 0.370. The van der Waals surface area contributed by atoms with Crippen molar-refractivity contribution >= 4 is 17.7 Å². The first-order valence-electron chi connectivity index (χ1n) is 11.8. The number of ether oxygens (including phenoxy) is 1. The van der Waals surface area contributed by atoms with Gasteiger partial charge < -0.3 is 15.0 Å². The number of alkyl carbamates (subject to hydrolysis) is 1. The highest BCUT2D eigenvalue weighted by Gasteiger charge is 2.48. The number of hydrogen-bond donors (Lipinski definition) is 1. The van der Waals surface area contributed by atoms with E-state index in [9.17, 15) is 9.59 Å². The number of carbonyl (C=O) groups is 2. The van der Waals surface area contributed by atoms with Gasteiger partial charge in [-0.2, -0.15) is 5.10 Å². The summed E-state index contributed by atoms with van der Waals surface area (Å²) < 4.78 is 7.32. The van der Waals surface area contributed by atoms with Crippen LogP contribution in [0, 0.1) is 11.8 Å². The van der Waals surface area contributed by atoms with Crippen LogP contribution in [0.15, 0.2) is 60.9 Å². The maximum atomic E-state index is 12.9. The van der Waals surface area contributed by atoms with Gasteiger partial charge in [-0.25, -0.2) is 4.79 Å². The Labute approximate surface area is 199 Å². The van der Waals surface area contributed by atoms with Gasteiger partial charge in [0.15, 0.2) is 0 Å². The molecule has 1 aliphatic heterocycles. The van der Waals surface area contributed by atoms with E-state index < -0.39 is 6.09 Å². The monoisotopic (exact) mass is 458 g/mol. The largest absolute Gasteiger partial charge is 0.445 e. The average molecular weight is 459 g/mol. The van der Waals surface area contributed by atoms with Gasteiger partial charge in [-0.15, -0.1) is 0 Å². The van der Waals surface area contributed by atoms with Crippen molar-refractivity contribution in [1.29, 1.82) is 0 Å². The summed E-state index contributed by atoms with van der Waals surface area (Å²) in [6, 6.07) is 15.5. The lowest BCUT2D eigenvalue weighted by molar-refractivity contribution is -0.117. The van der Waals surface area contributed by atoms with Crippen LogP contribution >= 0.6 is 0 Å². The molecule has 2 aliphatic rings. The van der Waals surface area contributed by atoms with Gasteiger partial charge in [-0.3, -0.25) is 9.48 Å². The summed E-state index contributed by atoms with van der Waals surface area (Å²) in [5.41, 5.74) is 4.72. The number of nitrogens with one attached hydrogen (secondary N) is 1. The standard InChI is InChI=1S/C27H30N4O3/c1-17-25(29-27(33)34-16-19-7-5-4-6-8-19)23-13-21(22-14-28-30(3)15-22)11-12-24(23)31(18(2)32)26(17)20-9-10-20/h4-8,11-15,17,20,25-26H,9-10,16H2,1-3H3,(H,29,33)/t17-,25?,26-/m1/s1. The molecule has 5 rings (SSSR count). The summed E-state index contributed by atoms with van der Waals surface area (Å²) in [7, 11) is 1.88. The van der Waals surface area contributed by atoms with Gasteiger partial charge in [-0.05, 0) is 47.6 Å². The fourth-order valence-electron chi connectivity index (χ4n) is 5.21. The summed E-state index contributed by atoms with van der Waals surface area (Å²) in [5.74, 6) is 0.524. The van der Waals surface area contributed by atoms with Gasteiger partial charge in [0.05, 0.1) is 12.2 Å². The second-order valence-corrected chi connectivity index (χ2v) is 9.44. The van der Waals surface area contributed by atoms with Crippen molar-refractivity contribution in [3.05, 3.63) is 72.1 Å². The number of amides is 2. The molecule has 3 aromatic rings. The highest BCUT2D eigenvalue weighted by atomic mass is 16.5. The number of hydrogen-bond acceptors (Lipinski definition) is 4. The molecule has 1 aliphatic carbocycles. The van der Waals surface area contributed by atoms with Crippen molar-refractivity contribution < 1.29 is 14.3 Å². The van der Waals surface area contributed by atoms with E-state index in [1.54, 1.807) is 11.6 Å². The normalized spacial score (nSPS) is 21.6. The van der Waals surface area contributed by atoms with E-state index in [1.165, 1.54) is 0 Å². The van der Waals surface area contributed by atoms with Crippen molar-refractivity contribution in [1.82, 2.24) is 15.1 Å². The minimum Gasteiger partial charge on any atom is -0.445 e. The molecule has 7 heteroatoms. The molecule has 0 bridgehead atoms.